The summed E-state index contributed by atoms with van der Waals surface area (Å²) in [6, 6.07) is 1.35. The van der Waals surface area contributed by atoms with Crippen LogP contribution in [0.4, 0.5) is 0 Å². The summed E-state index contributed by atoms with van der Waals surface area (Å²) in [7, 11) is 1.99. The molecular weight excluding hydrogens is 260 g/mol. The Morgan fingerprint density at radius 2 is 2.24 bits per heavy atom. The number of aryl methyl sites for hydroxylation is 1. The summed E-state index contributed by atoms with van der Waals surface area (Å²) in [6.07, 6.45) is 9.07. The third kappa shape index (κ3) is 4.55. The molecule has 1 aliphatic heterocycles. The minimum atomic E-state index is 0.671. The average molecular weight is 292 g/mol. The lowest BCUT2D eigenvalue weighted by molar-refractivity contribution is 0.0900. The van der Waals surface area contributed by atoms with E-state index in [0.717, 1.165) is 25.4 Å². The van der Waals surface area contributed by atoms with Crippen molar-refractivity contribution < 1.29 is 0 Å². The van der Waals surface area contributed by atoms with Gasteiger partial charge in [-0.25, -0.2) is 0 Å². The first-order chi connectivity index (χ1) is 10.1. The van der Waals surface area contributed by atoms with Crippen molar-refractivity contribution in [2.24, 2.45) is 13.0 Å². The van der Waals surface area contributed by atoms with Crippen LogP contribution in [-0.2, 0) is 13.5 Å². The van der Waals surface area contributed by atoms with E-state index < -0.39 is 0 Å². The van der Waals surface area contributed by atoms with Crippen LogP contribution in [0, 0.1) is 5.92 Å². The molecule has 4 heteroatoms. The van der Waals surface area contributed by atoms with Crippen molar-refractivity contribution in [1.29, 1.82) is 0 Å². The summed E-state index contributed by atoms with van der Waals surface area (Å²) >= 11 is 0. The highest BCUT2D eigenvalue weighted by molar-refractivity contribution is 5.04. The van der Waals surface area contributed by atoms with Gasteiger partial charge in [0.2, 0.25) is 0 Å². The zero-order valence-electron chi connectivity index (χ0n) is 14.2. The van der Waals surface area contributed by atoms with Gasteiger partial charge in [0.15, 0.2) is 0 Å². The van der Waals surface area contributed by atoms with Crippen molar-refractivity contribution in [1.82, 2.24) is 20.0 Å². The summed E-state index contributed by atoms with van der Waals surface area (Å²) in [5.41, 5.74) is 1.35. The SMILES string of the molecule is CCCC1CN(CCc2cnn(C)c2)C(C(C)CC)CN1. The monoisotopic (exact) mass is 292 g/mol. The van der Waals surface area contributed by atoms with Gasteiger partial charge in [0.05, 0.1) is 6.20 Å². The Morgan fingerprint density at radius 3 is 2.86 bits per heavy atom. The van der Waals surface area contributed by atoms with Crippen molar-refractivity contribution >= 4 is 0 Å². The number of hydrogen-bond acceptors (Lipinski definition) is 3. The van der Waals surface area contributed by atoms with Gasteiger partial charge in [-0.2, -0.15) is 5.10 Å². The van der Waals surface area contributed by atoms with Crippen LogP contribution in [0.3, 0.4) is 0 Å². The van der Waals surface area contributed by atoms with Crippen molar-refractivity contribution in [2.75, 3.05) is 19.6 Å². The quantitative estimate of drug-likeness (QED) is 0.838. The summed E-state index contributed by atoms with van der Waals surface area (Å²) in [4.78, 5) is 2.72. The molecule has 1 aromatic rings. The van der Waals surface area contributed by atoms with Gasteiger partial charge in [-0.1, -0.05) is 33.6 Å². The number of nitrogens with one attached hydrogen (secondary N) is 1. The molecule has 1 fully saturated rings. The van der Waals surface area contributed by atoms with Crippen LogP contribution < -0.4 is 5.32 Å². The highest BCUT2D eigenvalue weighted by atomic mass is 15.2. The van der Waals surface area contributed by atoms with E-state index in [1.54, 1.807) is 0 Å². The molecule has 4 nitrogen and oxygen atoms in total. The van der Waals surface area contributed by atoms with E-state index in [-0.39, 0.29) is 0 Å². The molecular formula is C17H32N4. The van der Waals surface area contributed by atoms with Crippen molar-refractivity contribution in [2.45, 2.75) is 58.5 Å². The van der Waals surface area contributed by atoms with E-state index in [9.17, 15) is 0 Å². The standard InChI is InChI=1S/C17H32N4/c1-5-7-16-13-21(17(11-18-16)14(3)6-2)9-8-15-10-19-20(4)12-15/h10,12,14,16-18H,5-9,11,13H2,1-4H3. The van der Waals surface area contributed by atoms with Crippen molar-refractivity contribution in [3.63, 3.8) is 0 Å². The second-order valence-electron chi connectivity index (χ2n) is 6.61. The molecule has 21 heavy (non-hydrogen) atoms. The van der Waals surface area contributed by atoms with Gasteiger partial charge >= 0.3 is 0 Å². The summed E-state index contributed by atoms with van der Waals surface area (Å²) in [5, 5.41) is 8.04. The first kappa shape index (κ1) is 16.5. The molecule has 2 rings (SSSR count). The van der Waals surface area contributed by atoms with Gasteiger partial charge < -0.3 is 5.32 Å². The molecule has 0 radical (unpaired) electrons. The minimum absolute atomic E-state index is 0.671. The predicted molar refractivity (Wildman–Crippen MR) is 88.4 cm³/mol. The smallest absolute Gasteiger partial charge is 0.0522 e. The van der Waals surface area contributed by atoms with Gasteiger partial charge in [-0.05, 0) is 24.3 Å². The van der Waals surface area contributed by atoms with E-state index >= 15 is 0 Å². The molecule has 0 saturated carbocycles. The largest absolute Gasteiger partial charge is 0.311 e. The molecule has 0 bridgehead atoms. The van der Waals surface area contributed by atoms with E-state index in [0.29, 0.717) is 12.1 Å². The Balaban J connectivity index is 1.95. The molecule has 120 valence electrons. The van der Waals surface area contributed by atoms with E-state index in [2.05, 4.69) is 42.3 Å². The predicted octanol–water partition coefficient (Wildman–Crippen LogP) is 2.45. The fourth-order valence-corrected chi connectivity index (χ4v) is 3.41. The molecule has 0 amide bonds. The number of aromatic nitrogens is 2. The highest BCUT2D eigenvalue weighted by Crippen LogP contribution is 2.20. The highest BCUT2D eigenvalue weighted by Gasteiger charge is 2.30. The maximum Gasteiger partial charge on any atom is 0.0522 e. The Bertz CT molecular complexity index is 415. The molecule has 1 aliphatic rings. The second-order valence-corrected chi connectivity index (χ2v) is 6.61. The second kappa shape index (κ2) is 7.95. The van der Waals surface area contributed by atoms with E-state index in [4.69, 9.17) is 0 Å². The Hall–Kier alpha value is -0.870. The first-order valence-electron chi connectivity index (χ1n) is 8.59. The van der Waals surface area contributed by atoms with Crippen molar-refractivity contribution in [3.05, 3.63) is 18.0 Å². The first-order valence-corrected chi connectivity index (χ1v) is 8.59. The fourth-order valence-electron chi connectivity index (χ4n) is 3.41. The molecule has 1 N–H and O–H groups in total. The molecule has 2 heterocycles. The Labute approximate surface area is 129 Å². The lowest BCUT2D eigenvalue weighted by Crippen LogP contribution is -2.58. The molecule has 0 aliphatic carbocycles. The van der Waals surface area contributed by atoms with Crippen LogP contribution in [0.15, 0.2) is 12.4 Å². The zero-order valence-corrected chi connectivity index (χ0v) is 14.2. The lowest BCUT2D eigenvalue weighted by atomic mass is 9.93. The van der Waals surface area contributed by atoms with Gasteiger partial charge in [-0.3, -0.25) is 9.58 Å². The Kier molecular flexibility index (Phi) is 6.24. The summed E-state index contributed by atoms with van der Waals surface area (Å²) < 4.78 is 1.90. The molecule has 3 atom stereocenters. The van der Waals surface area contributed by atoms with E-state index in [1.807, 2.05) is 17.9 Å². The number of hydrogen-bond donors (Lipinski definition) is 1. The number of nitrogens with zero attached hydrogens (tertiary/aromatic N) is 3. The van der Waals surface area contributed by atoms with Gasteiger partial charge in [0, 0.05) is 45.0 Å². The van der Waals surface area contributed by atoms with Crippen LogP contribution in [-0.4, -0.2) is 46.4 Å². The Morgan fingerprint density at radius 1 is 1.43 bits per heavy atom. The van der Waals surface area contributed by atoms with Crippen LogP contribution in [0.5, 0.6) is 0 Å². The molecule has 0 spiro atoms. The summed E-state index contributed by atoms with van der Waals surface area (Å²) in [5.74, 6) is 0.758. The summed E-state index contributed by atoms with van der Waals surface area (Å²) in [6.45, 7) is 10.5. The topological polar surface area (TPSA) is 33.1 Å². The maximum absolute atomic E-state index is 4.28. The van der Waals surface area contributed by atoms with Crippen LogP contribution in [0.2, 0.25) is 0 Å². The van der Waals surface area contributed by atoms with Gasteiger partial charge in [0.25, 0.3) is 0 Å². The third-order valence-corrected chi connectivity index (χ3v) is 4.92. The van der Waals surface area contributed by atoms with Crippen molar-refractivity contribution in [3.8, 4) is 0 Å². The normalized spacial score (nSPS) is 25.1. The average Bonchev–Trinajstić information content (AvgIpc) is 2.90. The van der Waals surface area contributed by atoms with Gasteiger partial charge in [-0.15, -0.1) is 0 Å². The molecule has 1 saturated heterocycles. The minimum Gasteiger partial charge on any atom is -0.311 e. The van der Waals surface area contributed by atoms with Gasteiger partial charge in [0.1, 0.15) is 0 Å². The molecule has 3 unspecified atom stereocenters. The van der Waals surface area contributed by atoms with E-state index in [1.165, 1.54) is 31.4 Å². The number of piperazine rings is 1. The van der Waals surface area contributed by atoms with Crippen LogP contribution >= 0.6 is 0 Å². The lowest BCUT2D eigenvalue weighted by Gasteiger charge is -2.43. The molecule has 0 aromatic carbocycles. The maximum atomic E-state index is 4.28. The molecule has 1 aromatic heterocycles. The van der Waals surface area contributed by atoms with Crippen LogP contribution in [0.25, 0.3) is 0 Å². The third-order valence-electron chi connectivity index (χ3n) is 4.92. The fraction of sp³-hybridized carbons (Fsp3) is 0.824. The zero-order chi connectivity index (χ0) is 15.2. The van der Waals surface area contributed by atoms with Crippen LogP contribution in [0.1, 0.15) is 45.6 Å². The number of rotatable bonds is 7.